The van der Waals surface area contributed by atoms with Crippen LogP contribution in [-0.2, 0) is 18.9 Å². The van der Waals surface area contributed by atoms with E-state index >= 15 is 0 Å². The first kappa shape index (κ1) is 25.7. The van der Waals surface area contributed by atoms with Gasteiger partial charge in [-0.15, -0.1) is 0 Å². The van der Waals surface area contributed by atoms with Crippen molar-refractivity contribution in [2.75, 3.05) is 27.2 Å². The third-order valence-electron chi connectivity index (χ3n) is 6.55. The number of aliphatic hydroxyl groups excluding tert-OH is 2. The Morgan fingerprint density at radius 2 is 1.78 bits per heavy atom. The van der Waals surface area contributed by atoms with Gasteiger partial charge in [0.05, 0.1) is 25.2 Å². The fourth-order valence-corrected chi connectivity index (χ4v) is 4.68. The maximum atomic E-state index is 11.2. The molecule has 11 atom stereocenters. The standard InChI is InChI=1S/C20H39N5O7/c1-20(28)8-29-19(14(27)17(20)25-3)31-15-11(23)6-12(24-2)16(13(15)26)32-18-10(22)5-4-9(7-21)30-18/h4,10-19,24-28H,5-8,21-23H2,1-3H3. The summed E-state index contributed by atoms with van der Waals surface area (Å²) in [5, 5.41) is 38.3. The Kier molecular flexibility index (Phi) is 8.50. The summed E-state index contributed by atoms with van der Waals surface area (Å²) < 4.78 is 23.4. The molecule has 0 radical (unpaired) electrons. The van der Waals surface area contributed by atoms with Crippen LogP contribution >= 0.6 is 0 Å². The summed E-state index contributed by atoms with van der Waals surface area (Å²) >= 11 is 0. The minimum Gasteiger partial charge on any atom is -0.467 e. The van der Waals surface area contributed by atoms with Gasteiger partial charge in [-0.2, -0.15) is 0 Å². The smallest absolute Gasteiger partial charge is 0.215 e. The van der Waals surface area contributed by atoms with Gasteiger partial charge in [-0.3, -0.25) is 0 Å². The highest BCUT2D eigenvalue weighted by Gasteiger charge is 2.51. The second-order valence-electron chi connectivity index (χ2n) is 9.04. The van der Waals surface area contributed by atoms with Gasteiger partial charge in [-0.05, 0) is 39.9 Å². The SMILES string of the molecule is CNC1CC(N)C(OC2OCC(C)(O)C(NC)C2O)C(O)C1OC1OC(CN)=CCC1N. The fraction of sp³-hybridized carbons (Fsp3) is 0.900. The highest BCUT2D eigenvalue weighted by molar-refractivity contribution is 5.04. The molecule has 11 unspecified atom stereocenters. The summed E-state index contributed by atoms with van der Waals surface area (Å²) in [6.07, 6.45) is -3.07. The third-order valence-corrected chi connectivity index (χ3v) is 6.55. The minimum absolute atomic E-state index is 0.0592. The van der Waals surface area contributed by atoms with E-state index in [9.17, 15) is 15.3 Å². The van der Waals surface area contributed by atoms with Gasteiger partial charge in [0.25, 0.3) is 0 Å². The number of ether oxygens (including phenoxy) is 4. The average Bonchev–Trinajstić information content (AvgIpc) is 2.75. The van der Waals surface area contributed by atoms with Crippen LogP contribution in [0.4, 0.5) is 0 Å². The summed E-state index contributed by atoms with van der Waals surface area (Å²) in [5.74, 6) is 0.580. The number of hydrogen-bond donors (Lipinski definition) is 8. The predicted molar refractivity (Wildman–Crippen MR) is 115 cm³/mol. The van der Waals surface area contributed by atoms with Crippen LogP contribution in [0.5, 0.6) is 0 Å². The second kappa shape index (κ2) is 10.6. The van der Waals surface area contributed by atoms with Gasteiger partial charge >= 0.3 is 0 Å². The zero-order chi connectivity index (χ0) is 23.6. The molecule has 0 amide bonds. The quantitative estimate of drug-likeness (QED) is 0.186. The molecule has 11 N–H and O–H groups in total. The van der Waals surface area contributed by atoms with Crippen molar-refractivity contribution < 1.29 is 34.3 Å². The second-order valence-corrected chi connectivity index (χ2v) is 9.04. The summed E-state index contributed by atoms with van der Waals surface area (Å²) in [6, 6.07) is -1.96. The molecule has 1 saturated heterocycles. The van der Waals surface area contributed by atoms with E-state index in [0.717, 1.165) is 0 Å². The van der Waals surface area contributed by atoms with Crippen LogP contribution in [0.15, 0.2) is 11.8 Å². The Labute approximate surface area is 188 Å². The summed E-state index contributed by atoms with van der Waals surface area (Å²) in [4.78, 5) is 0. The number of rotatable bonds is 7. The largest absolute Gasteiger partial charge is 0.467 e. The molecule has 2 heterocycles. The van der Waals surface area contributed by atoms with Gasteiger partial charge in [0.1, 0.15) is 35.8 Å². The summed E-state index contributed by atoms with van der Waals surface area (Å²) in [6.45, 7) is 1.73. The monoisotopic (exact) mass is 461 g/mol. The van der Waals surface area contributed by atoms with Crippen LogP contribution in [0.1, 0.15) is 19.8 Å². The summed E-state index contributed by atoms with van der Waals surface area (Å²) in [7, 11) is 3.38. The molecule has 0 spiro atoms. The van der Waals surface area contributed by atoms with Crippen molar-refractivity contribution in [2.24, 2.45) is 17.2 Å². The zero-order valence-electron chi connectivity index (χ0n) is 18.9. The molecule has 12 heteroatoms. The molecule has 12 nitrogen and oxygen atoms in total. The molecule has 3 rings (SSSR count). The van der Waals surface area contributed by atoms with Crippen molar-refractivity contribution in [1.29, 1.82) is 0 Å². The molecule has 186 valence electrons. The van der Waals surface area contributed by atoms with Crippen LogP contribution in [0.25, 0.3) is 0 Å². The molecule has 32 heavy (non-hydrogen) atoms. The number of hydrogen-bond acceptors (Lipinski definition) is 12. The maximum Gasteiger partial charge on any atom is 0.215 e. The number of likely N-dealkylation sites (N-methyl/N-ethyl adjacent to an activating group) is 2. The fourth-order valence-electron chi connectivity index (χ4n) is 4.68. The van der Waals surface area contributed by atoms with Crippen molar-refractivity contribution >= 4 is 0 Å². The molecule has 1 saturated carbocycles. The van der Waals surface area contributed by atoms with Crippen LogP contribution in [0.3, 0.4) is 0 Å². The first-order valence-electron chi connectivity index (χ1n) is 11.1. The maximum absolute atomic E-state index is 11.2. The number of nitrogens with two attached hydrogens (primary N) is 3. The van der Waals surface area contributed by atoms with E-state index in [4.69, 9.17) is 36.1 Å². The van der Waals surface area contributed by atoms with E-state index in [-0.39, 0.29) is 19.2 Å². The van der Waals surface area contributed by atoms with E-state index in [1.54, 1.807) is 21.0 Å². The molecule has 0 bridgehead atoms. The number of aliphatic hydroxyl groups is 3. The molecule has 0 aromatic rings. The topological polar surface area (TPSA) is 200 Å². The predicted octanol–water partition coefficient (Wildman–Crippen LogP) is -3.59. The highest BCUT2D eigenvalue weighted by Crippen LogP contribution is 2.31. The van der Waals surface area contributed by atoms with E-state index in [1.807, 2.05) is 6.08 Å². The Balaban J connectivity index is 1.73. The first-order valence-corrected chi connectivity index (χ1v) is 11.1. The lowest BCUT2D eigenvalue weighted by atomic mass is 9.83. The molecule has 1 aliphatic carbocycles. The van der Waals surface area contributed by atoms with E-state index < -0.39 is 60.7 Å². The van der Waals surface area contributed by atoms with Gasteiger partial charge in [-0.1, -0.05) is 0 Å². The third kappa shape index (κ3) is 5.26. The molecule has 0 aromatic carbocycles. The van der Waals surface area contributed by atoms with Crippen LogP contribution in [-0.4, -0.2) is 109 Å². The Bertz CT molecular complexity index is 654. The molecule has 3 aliphatic rings. The van der Waals surface area contributed by atoms with E-state index in [0.29, 0.717) is 18.6 Å². The molecule has 2 fully saturated rings. The molecule has 2 aliphatic heterocycles. The average molecular weight is 462 g/mol. The van der Waals surface area contributed by atoms with Gasteiger partial charge in [-0.25, -0.2) is 0 Å². The van der Waals surface area contributed by atoms with Crippen LogP contribution in [0, 0.1) is 0 Å². The van der Waals surface area contributed by atoms with Crippen LogP contribution < -0.4 is 27.8 Å². The highest BCUT2D eigenvalue weighted by atomic mass is 16.7. The zero-order valence-corrected chi connectivity index (χ0v) is 18.9. The lowest BCUT2D eigenvalue weighted by Gasteiger charge is -2.48. The van der Waals surface area contributed by atoms with Gasteiger partial charge in [0, 0.05) is 12.1 Å². The van der Waals surface area contributed by atoms with Gasteiger partial charge in [0.15, 0.2) is 6.29 Å². The lowest BCUT2D eigenvalue weighted by molar-refractivity contribution is -0.303. The molecular weight excluding hydrogens is 422 g/mol. The minimum atomic E-state index is -1.28. The number of nitrogens with one attached hydrogen (secondary N) is 2. The lowest BCUT2D eigenvalue weighted by Crippen LogP contribution is -2.68. The van der Waals surface area contributed by atoms with Gasteiger partial charge < -0.3 is 62.1 Å². The van der Waals surface area contributed by atoms with E-state index in [2.05, 4.69) is 10.6 Å². The Morgan fingerprint density at radius 1 is 1.09 bits per heavy atom. The Hall–Kier alpha value is -0.900. The van der Waals surface area contributed by atoms with E-state index in [1.165, 1.54) is 0 Å². The Morgan fingerprint density at radius 3 is 2.41 bits per heavy atom. The van der Waals surface area contributed by atoms with Crippen molar-refractivity contribution in [3.63, 3.8) is 0 Å². The first-order chi connectivity index (χ1) is 15.1. The van der Waals surface area contributed by atoms with Crippen LogP contribution in [0.2, 0.25) is 0 Å². The molecule has 0 aromatic heterocycles. The summed E-state index contributed by atoms with van der Waals surface area (Å²) in [5.41, 5.74) is 16.9. The normalized spacial score (nSPS) is 47.6. The van der Waals surface area contributed by atoms with Gasteiger partial charge in [0.2, 0.25) is 6.29 Å². The van der Waals surface area contributed by atoms with Crippen molar-refractivity contribution in [3.05, 3.63) is 11.8 Å². The van der Waals surface area contributed by atoms with Crippen molar-refractivity contribution in [1.82, 2.24) is 10.6 Å². The van der Waals surface area contributed by atoms with Crippen molar-refractivity contribution in [3.8, 4) is 0 Å². The van der Waals surface area contributed by atoms with Crippen molar-refractivity contribution in [2.45, 2.75) is 86.5 Å². The molecular formula is C20H39N5O7.